The number of aliphatic hydroxyl groups is 1. The lowest BCUT2D eigenvalue weighted by molar-refractivity contribution is -0.120. The third-order valence-corrected chi connectivity index (χ3v) is 6.79. The maximum absolute atomic E-state index is 13.7. The summed E-state index contributed by atoms with van der Waals surface area (Å²) in [5.74, 6) is -0.765. The fourth-order valence-corrected chi connectivity index (χ4v) is 4.83. The number of hydrogen-bond donors (Lipinski definition) is 1. The van der Waals surface area contributed by atoms with Gasteiger partial charge in [-0.2, -0.15) is 0 Å². The first-order valence-corrected chi connectivity index (χ1v) is 11.1. The van der Waals surface area contributed by atoms with Crippen LogP contribution >= 0.6 is 23.2 Å². The molecule has 1 unspecified atom stereocenters. The van der Waals surface area contributed by atoms with Crippen molar-refractivity contribution in [3.63, 3.8) is 0 Å². The summed E-state index contributed by atoms with van der Waals surface area (Å²) in [5.41, 5.74) is 3.74. The SMILES string of the molecule is Cc1ccc(C2=C(N3CCCC(CO)C3)C(=O)N(c3cccc(Cl)c3Cl)C2=O)c(C)c1. The van der Waals surface area contributed by atoms with Gasteiger partial charge in [0.25, 0.3) is 11.8 Å². The van der Waals surface area contributed by atoms with Gasteiger partial charge in [0.1, 0.15) is 5.70 Å². The number of hydrogen-bond acceptors (Lipinski definition) is 4. The number of nitrogens with zero attached hydrogens (tertiary/aromatic N) is 2. The molecule has 2 aromatic rings. The second kappa shape index (κ2) is 8.65. The Balaban J connectivity index is 1.88. The van der Waals surface area contributed by atoms with E-state index in [2.05, 4.69) is 0 Å². The molecular formula is C24H24Cl2N2O3. The van der Waals surface area contributed by atoms with Crippen molar-refractivity contribution in [2.45, 2.75) is 26.7 Å². The summed E-state index contributed by atoms with van der Waals surface area (Å²) in [6.45, 7) is 5.15. The molecular weight excluding hydrogens is 435 g/mol. The molecule has 5 nitrogen and oxygen atoms in total. The van der Waals surface area contributed by atoms with E-state index in [0.29, 0.717) is 24.4 Å². The summed E-state index contributed by atoms with van der Waals surface area (Å²) in [4.78, 5) is 30.4. The predicted molar refractivity (Wildman–Crippen MR) is 123 cm³/mol. The Morgan fingerprint density at radius 2 is 1.87 bits per heavy atom. The summed E-state index contributed by atoms with van der Waals surface area (Å²) in [5, 5.41) is 10.1. The zero-order valence-electron chi connectivity index (χ0n) is 17.5. The van der Waals surface area contributed by atoms with E-state index in [9.17, 15) is 14.7 Å². The number of carbonyl (C=O) groups excluding carboxylic acids is 2. The highest BCUT2D eigenvalue weighted by Crippen LogP contribution is 2.41. The zero-order chi connectivity index (χ0) is 22.3. The number of aryl methyl sites for hydroxylation is 2. The van der Waals surface area contributed by atoms with Crippen LogP contribution in [0.4, 0.5) is 5.69 Å². The van der Waals surface area contributed by atoms with Crippen molar-refractivity contribution in [3.05, 3.63) is 68.8 Å². The second-order valence-corrected chi connectivity index (χ2v) is 8.98. The maximum atomic E-state index is 13.7. The lowest BCUT2D eigenvalue weighted by Crippen LogP contribution is -2.40. The van der Waals surface area contributed by atoms with Crippen molar-refractivity contribution in [1.82, 2.24) is 4.90 Å². The van der Waals surface area contributed by atoms with Crippen molar-refractivity contribution in [2.75, 3.05) is 24.6 Å². The van der Waals surface area contributed by atoms with Gasteiger partial charge in [0, 0.05) is 19.7 Å². The van der Waals surface area contributed by atoms with Crippen LogP contribution in [0.2, 0.25) is 10.0 Å². The summed E-state index contributed by atoms with van der Waals surface area (Å²) in [6, 6.07) is 10.7. The maximum Gasteiger partial charge on any atom is 0.282 e. The summed E-state index contributed by atoms with van der Waals surface area (Å²) in [6.07, 6.45) is 1.74. The van der Waals surface area contributed by atoms with E-state index in [1.54, 1.807) is 18.2 Å². The number of piperidine rings is 1. The Kier molecular flexibility index (Phi) is 6.11. The van der Waals surface area contributed by atoms with Crippen LogP contribution in [0.15, 0.2) is 42.1 Å². The summed E-state index contributed by atoms with van der Waals surface area (Å²) in [7, 11) is 0. The second-order valence-electron chi connectivity index (χ2n) is 8.20. The molecule has 2 amide bonds. The van der Waals surface area contributed by atoms with E-state index in [1.807, 2.05) is 36.9 Å². The first-order chi connectivity index (χ1) is 14.8. The van der Waals surface area contributed by atoms with Gasteiger partial charge in [-0.15, -0.1) is 0 Å². The fourth-order valence-electron chi connectivity index (χ4n) is 4.45. The monoisotopic (exact) mass is 458 g/mol. The van der Waals surface area contributed by atoms with Crippen LogP contribution in [-0.4, -0.2) is 41.5 Å². The van der Waals surface area contributed by atoms with Crippen molar-refractivity contribution in [3.8, 4) is 0 Å². The molecule has 0 bridgehead atoms. The molecule has 0 spiro atoms. The molecule has 2 heterocycles. The Labute approximate surface area is 191 Å². The topological polar surface area (TPSA) is 60.9 Å². The minimum Gasteiger partial charge on any atom is -0.396 e. The number of halogens is 2. The first-order valence-electron chi connectivity index (χ1n) is 10.3. The molecule has 162 valence electrons. The van der Waals surface area contributed by atoms with Gasteiger partial charge in [-0.05, 0) is 55.9 Å². The van der Waals surface area contributed by atoms with Crippen molar-refractivity contribution < 1.29 is 14.7 Å². The number of imide groups is 1. The fraction of sp³-hybridized carbons (Fsp3) is 0.333. The number of likely N-dealkylation sites (tertiary alicyclic amines) is 1. The Morgan fingerprint density at radius 3 is 2.58 bits per heavy atom. The largest absolute Gasteiger partial charge is 0.396 e. The molecule has 1 saturated heterocycles. The quantitative estimate of drug-likeness (QED) is 0.680. The van der Waals surface area contributed by atoms with Gasteiger partial charge in [-0.25, -0.2) is 4.90 Å². The predicted octanol–water partition coefficient (Wildman–Crippen LogP) is 4.60. The van der Waals surface area contributed by atoms with Gasteiger partial charge in [-0.1, -0.05) is 53.0 Å². The van der Waals surface area contributed by atoms with Crippen molar-refractivity contribution in [1.29, 1.82) is 0 Å². The van der Waals surface area contributed by atoms with E-state index in [4.69, 9.17) is 23.2 Å². The summed E-state index contributed by atoms with van der Waals surface area (Å²) < 4.78 is 0. The summed E-state index contributed by atoms with van der Waals surface area (Å²) >= 11 is 12.6. The smallest absolute Gasteiger partial charge is 0.282 e. The van der Waals surface area contributed by atoms with Crippen LogP contribution in [0.1, 0.15) is 29.5 Å². The highest BCUT2D eigenvalue weighted by Gasteiger charge is 2.44. The molecule has 1 atom stereocenters. The molecule has 0 aromatic heterocycles. The standard InChI is InChI=1S/C24H24Cl2N2O3/c1-14-8-9-17(15(2)11-14)20-22(27-10-4-5-16(12-27)13-29)24(31)28(23(20)30)19-7-3-6-18(25)21(19)26/h3,6-9,11,16,29H,4-5,10,12-13H2,1-2H3. The third kappa shape index (κ3) is 3.86. The number of benzene rings is 2. The highest BCUT2D eigenvalue weighted by molar-refractivity contribution is 6.49. The van der Waals surface area contributed by atoms with E-state index in [-0.39, 0.29) is 28.3 Å². The van der Waals surface area contributed by atoms with E-state index >= 15 is 0 Å². The zero-order valence-corrected chi connectivity index (χ0v) is 19.0. The Bertz CT molecular complexity index is 1100. The van der Waals surface area contributed by atoms with Gasteiger partial charge in [0.2, 0.25) is 0 Å². The molecule has 31 heavy (non-hydrogen) atoms. The molecule has 2 aliphatic heterocycles. The number of anilines is 1. The average molecular weight is 459 g/mol. The molecule has 0 radical (unpaired) electrons. The molecule has 4 rings (SSSR count). The van der Waals surface area contributed by atoms with Crippen LogP contribution in [0.5, 0.6) is 0 Å². The molecule has 2 aliphatic rings. The number of rotatable bonds is 4. The van der Waals surface area contributed by atoms with Crippen LogP contribution < -0.4 is 4.90 Å². The molecule has 7 heteroatoms. The van der Waals surface area contributed by atoms with Crippen LogP contribution in [-0.2, 0) is 9.59 Å². The number of carbonyl (C=O) groups is 2. The molecule has 0 saturated carbocycles. The van der Waals surface area contributed by atoms with Crippen LogP contribution in [0.25, 0.3) is 5.57 Å². The molecule has 1 fully saturated rings. The number of amides is 2. The minimum atomic E-state index is -0.415. The Morgan fingerprint density at radius 1 is 1.10 bits per heavy atom. The van der Waals surface area contributed by atoms with Gasteiger partial charge in [0.15, 0.2) is 0 Å². The van der Waals surface area contributed by atoms with Gasteiger partial charge >= 0.3 is 0 Å². The van der Waals surface area contributed by atoms with E-state index in [0.717, 1.165) is 34.4 Å². The van der Waals surface area contributed by atoms with Gasteiger partial charge < -0.3 is 10.0 Å². The van der Waals surface area contributed by atoms with Crippen LogP contribution in [0.3, 0.4) is 0 Å². The minimum absolute atomic E-state index is 0.0502. The van der Waals surface area contributed by atoms with E-state index in [1.165, 1.54) is 0 Å². The average Bonchev–Trinajstić information content (AvgIpc) is 3.00. The lowest BCUT2D eigenvalue weighted by Gasteiger charge is -2.34. The molecule has 2 aromatic carbocycles. The van der Waals surface area contributed by atoms with E-state index < -0.39 is 11.8 Å². The molecule has 0 aliphatic carbocycles. The highest BCUT2D eigenvalue weighted by atomic mass is 35.5. The Hall–Kier alpha value is -2.34. The normalized spacial score (nSPS) is 19.6. The van der Waals surface area contributed by atoms with Crippen molar-refractivity contribution in [2.24, 2.45) is 5.92 Å². The third-order valence-electron chi connectivity index (χ3n) is 5.98. The van der Waals surface area contributed by atoms with Crippen molar-refractivity contribution >= 4 is 46.3 Å². The lowest BCUT2D eigenvalue weighted by atomic mass is 9.95. The van der Waals surface area contributed by atoms with Crippen LogP contribution in [0, 0.1) is 19.8 Å². The first kappa shape index (κ1) is 21.9. The molecule has 1 N–H and O–H groups in total. The number of aliphatic hydroxyl groups excluding tert-OH is 1. The van der Waals surface area contributed by atoms with Gasteiger partial charge in [-0.3, -0.25) is 9.59 Å². The van der Waals surface area contributed by atoms with Gasteiger partial charge in [0.05, 0.1) is 21.3 Å².